The Labute approximate surface area is 184 Å². The molecule has 3 atom stereocenters. The number of nitrogens with one attached hydrogen (secondary N) is 1. The number of halogens is 3. The van der Waals surface area contributed by atoms with Gasteiger partial charge in [-0.1, -0.05) is 49.3 Å². The Kier molecular flexibility index (Phi) is 5.03. The van der Waals surface area contributed by atoms with Crippen molar-refractivity contribution in [3.05, 3.63) is 59.9 Å². The molecule has 0 aliphatic heterocycles. The fraction of sp³-hybridized carbons (Fsp3) is 0.300. The third-order valence-corrected chi connectivity index (χ3v) is 9.21. The predicted molar refractivity (Wildman–Crippen MR) is 108 cm³/mol. The van der Waals surface area contributed by atoms with E-state index >= 15 is 0 Å². The number of rotatable bonds is 6. The number of hydrogen-bond acceptors (Lipinski definition) is 6. The predicted octanol–water partition coefficient (Wildman–Crippen LogP) is 4.13. The Morgan fingerprint density at radius 2 is 1.88 bits per heavy atom. The highest BCUT2D eigenvalue weighted by molar-refractivity contribution is 7.91. The van der Waals surface area contributed by atoms with Crippen molar-refractivity contribution in [1.82, 2.24) is 9.88 Å². The maximum Gasteiger partial charge on any atom is 0.452 e. The highest BCUT2D eigenvalue weighted by atomic mass is 32.2. The third kappa shape index (κ3) is 3.24. The van der Waals surface area contributed by atoms with E-state index in [0.717, 1.165) is 0 Å². The van der Waals surface area contributed by atoms with E-state index < -0.39 is 44.8 Å². The molecule has 0 spiro atoms. The maximum absolute atomic E-state index is 13.1. The van der Waals surface area contributed by atoms with Gasteiger partial charge in [0, 0.05) is 11.5 Å². The van der Waals surface area contributed by atoms with Crippen molar-refractivity contribution in [2.75, 3.05) is 0 Å². The van der Waals surface area contributed by atoms with Crippen LogP contribution in [0.1, 0.15) is 25.2 Å². The van der Waals surface area contributed by atoms with E-state index in [9.17, 15) is 31.5 Å². The molecular weight excluding hydrogens is 469 g/mol. The molecular formula is C20H17F3N2O5S2. The molecule has 1 aliphatic carbocycles. The lowest BCUT2D eigenvalue weighted by molar-refractivity contribution is -0.155. The molecule has 1 saturated carbocycles. The minimum Gasteiger partial charge on any atom is -0.480 e. The number of benzene rings is 1. The zero-order valence-electron chi connectivity index (χ0n) is 16.7. The van der Waals surface area contributed by atoms with Crippen molar-refractivity contribution in [2.24, 2.45) is 5.92 Å². The molecule has 32 heavy (non-hydrogen) atoms. The van der Waals surface area contributed by atoms with Gasteiger partial charge in [-0.3, -0.25) is 4.79 Å². The summed E-state index contributed by atoms with van der Waals surface area (Å²) in [4.78, 5) is 12.4. The van der Waals surface area contributed by atoms with Gasteiger partial charge in [0.05, 0.1) is 4.88 Å². The summed E-state index contributed by atoms with van der Waals surface area (Å²) >= 11 is 0.661. The molecule has 3 aromatic rings. The maximum atomic E-state index is 13.1. The van der Waals surface area contributed by atoms with Crippen LogP contribution in [-0.4, -0.2) is 30.2 Å². The number of nitrogens with zero attached hydrogens (tertiary/aromatic N) is 1. The Morgan fingerprint density at radius 1 is 1.22 bits per heavy atom. The number of thiophene rings is 1. The van der Waals surface area contributed by atoms with Crippen LogP contribution in [0.25, 0.3) is 10.6 Å². The molecule has 0 bridgehead atoms. The number of aromatic nitrogens is 1. The van der Waals surface area contributed by atoms with E-state index in [1.165, 1.54) is 12.1 Å². The van der Waals surface area contributed by atoms with Crippen LogP contribution in [0.3, 0.4) is 0 Å². The van der Waals surface area contributed by atoms with E-state index in [0.29, 0.717) is 23.0 Å². The van der Waals surface area contributed by atoms with Crippen molar-refractivity contribution >= 4 is 27.3 Å². The Hall–Kier alpha value is -2.70. The zero-order chi connectivity index (χ0) is 23.5. The van der Waals surface area contributed by atoms with Gasteiger partial charge in [0.2, 0.25) is 5.76 Å². The van der Waals surface area contributed by atoms with Crippen molar-refractivity contribution in [3.63, 3.8) is 0 Å². The van der Waals surface area contributed by atoms with Gasteiger partial charge in [-0.2, -0.15) is 17.9 Å². The molecule has 1 unspecified atom stereocenters. The lowest BCUT2D eigenvalue weighted by Gasteiger charge is -2.20. The molecule has 2 heterocycles. The lowest BCUT2D eigenvalue weighted by atomic mass is 9.92. The second-order valence-electron chi connectivity index (χ2n) is 7.70. The quantitative estimate of drug-likeness (QED) is 0.542. The SMILES string of the molecule is CC1[C@](C)(c2ccccc2)[C@]1(NS(=O)(=O)c1ccc(-c2cc(C(F)(F)F)on2)s1)C(=O)O. The van der Waals surface area contributed by atoms with Gasteiger partial charge in [0.25, 0.3) is 10.0 Å². The first-order valence-electron chi connectivity index (χ1n) is 9.31. The molecule has 4 rings (SSSR count). The van der Waals surface area contributed by atoms with E-state index in [4.69, 9.17) is 0 Å². The Bertz CT molecular complexity index is 1290. The largest absolute Gasteiger partial charge is 0.480 e. The summed E-state index contributed by atoms with van der Waals surface area (Å²) in [5.74, 6) is -3.18. The van der Waals surface area contributed by atoms with Gasteiger partial charge in [-0.05, 0) is 23.6 Å². The van der Waals surface area contributed by atoms with Crippen LogP contribution < -0.4 is 4.72 Å². The lowest BCUT2D eigenvalue weighted by Crippen LogP contribution is -2.48. The number of carboxylic acid groups (broad SMARTS) is 1. The molecule has 0 radical (unpaired) electrons. The van der Waals surface area contributed by atoms with E-state index in [-0.39, 0.29) is 14.8 Å². The number of sulfonamides is 1. The highest BCUT2D eigenvalue weighted by Gasteiger charge is 2.78. The number of carboxylic acids is 1. The zero-order valence-corrected chi connectivity index (χ0v) is 18.3. The molecule has 7 nitrogen and oxygen atoms in total. The molecule has 0 amide bonds. The smallest absolute Gasteiger partial charge is 0.452 e. The average molecular weight is 486 g/mol. The van der Waals surface area contributed by atoms with Crippen LogP contribution in [0.15, 0.2) is 57.3 Å². The first-order valence-corrected chi connectivity index (χ1v) is 11.6. The van der Waals surface area contributed by atoms with Gasteiger partial charge in [-0.25, -0.2) is 8.42 Å². The second-order valence-corrected chi connectivity index (χ2v) is 10.7. The molecule has 1 aliphatic rings. The molecule has 12 heteroatoms. The minimum atomic E-state index is -4.73. The molecule has 170 valence electrons. The standard InChI is InChI=1S/C20H17F3N2O5S2/c1-11-18(2,12-6-4-3-5-7-12)19(11,17(26)27)25-32(28,29)16-9-8-14(31-16)13-10-15(30-24-13)20(21,22)23/h3-11,25H,1-2H3,(H,26,27)/t11?,18-,19-/m1/s1. The van der Waals surface area contributed by atoms with Gasteiger partial charge >= 0.3 is 12.1 Å². The van der Waals surface area contributed by atoms with E-state index in [1.54, 1.807) is 44.2 Å². The fourth-order valence-corrected chi connectivity index (χ4v) is 6.91. The monoisotopic (exact) mass is 486 g/mol. The van der Waals surface area contributed by atoms with Gasteiger partial charge in [0.1, 0.15) is 15.4 Å². The summed E-state index contributed by atoms with van der Waals surface area (Å²) in [5.41, 5.74) is -2.28. The van der Waals surface area contributed by atoms with Crippen LogP contribution in [0.2, 0.25) is 0 Å². The van der Waals surface area contributed by atoms with E-state index in [2.05, 4.69) is 14.4 Å². The summed E-state index contributed by atoms with van der Waals surface area (Å²) < 4.78 is 70.7. The Balaban J connectivity index is 1.66. The van der Waals surface area contributed by atoms with Crippen LogP contribution in [0, 0.1) is 5.92 Å². The minimum absolute atomic E-state index is 0.128. The fourth-order valence-electron chi connectivity index (χ4n) is 4.14. The first-order chi connectivity index (χ1) is 14.8. The van der Waals surface area contributed by atoms with Gasteiger partial charge < -0.3 is 9.63 Å². The highest BCUT2D eigenvalue weighted by Crippen LogP contribution is 2.63. The normalized spacial score (nSPS) is 25.6. The molecule has 2 aromatic heterocycles. The topological polar surface area (TPSA) is 110 Å². The summed E-state index contributed by atoms with van der Waals surface area (Å²) in [6.45, 7) is 3.33. The third-order valence-electron chi connectivity index (χ3n) is 6.15. The second kappa shape index (κ2) is 7.15. The summed E-state index contributed by atoms with van der Waals surface area (Å²) in [6.07, 6.45) is -4.73. The van der Waals surface area contributed by atoms with Crippen molar-refractivity contribution < 1.29 is 36.0 Å². The average Bonchev–Trinajstić information content (AvgIpc) is 3.24. The molecule has 2 N–H and O–H groups in total. The molecule has 1 aromatic carbocycles. The Morgan fingerprint density at radius 3 is 2.44 bits per heavy atom. The number of hydrogen-bond donors (Lipinski definition) is 2. The van der Waals surface area contributed by atoms with Crippen LogP contribution in [-0.2, 0) is 26.4 Å². The number of aliphatic carboxylic acids is 1. The summed E-state index contributed by atoms with van der Waals surface area (Å²) in [7, 11) is -4.31. The van der Waals surface area contributed by atoms with Crippen molar-refractivity contribution in [2.45, 2.75) is 35.2 Å². The van der Waals surface area contributed by atoms with E-state index in [1.807, 2.05) is 0 Å². The van der Waals surface area contributed by atoms with Crippen LogP contribution >= 0.6 is 11.3 Å². The summed E-state index contributed by atoms with van der Waals surface area (Å²) in [5, 5.41) is 13.3. The van der Waals surface area contributed by atoms with Crippen molar-refractivity contribution in [1.29, 1.82) is 0 Å². The molecule has 1 fully saturated rings. The number of alkyl halides is 3. The number of carbonyl (C=O) groups is 1. The van der Waals surface area contributed by atoms with Crippen LogP contribution in [0.4, 0.5) is 13.2 Å². The van der Waals surface area contributed by atoms with Crippen LogP contribution in [0.5, 0.6) is 0 Å². The molecule has 0 saturated heterocycles. The van der Waals surface area contributed by atoms with Gasteiger partial charge in [-0.15, -0.1) is 11.3 Å². The van der Waals surface area contributed by atoms with Crippen molar-refractivity contribution in [3.8, 4) is 10.6 Å². The first kappa shape index (κ1) is 22.5. The van der Waals surface area contributed by atoms with Gasteiger partial charge in [0.15, 0.2) is 0 Å². The summed E-state index contributed by atoms with van der Waals surface area (Å²) in [6, 6.07) is 11.9.